The number of hydrogen-bond acceptors (Lipinski definition) is 4. The fraction of sp³-hybridized carbons (Fsp3) is 0.636. The Morgan fingerprint density at radius 2 is 2.20 bits per heavy atom. The van der Waals surface area contributed by atoms with Crippen LogP contribution in [0, 0.1) is 5.92 Å². The van der Waals surface area contributed by atoms with Crippen LogP contribution in [-0.4, -0.2) is 23.6 Å². The highest BCUT2D eigenvalue weighted by Gasteiger charge is 2.40. The lowest BCUT2D eigenvalue weighted by Gasteiger charge is -2.20. The number of cyclic esters (lactones) is 1. The van der Waals surface area contributed by atoms with Crippen molar-refractivity contribution < 1.29 is 19.1 Å². The molecule has 15 heavy (non-hydrogen) atoms. The first-order valence-corrected chi connectivity index (χ1v) is 4.89. The highest BCUT2D eigenvalue weighted by Crippen LogP contribution is 2.24. The smallest absolute Gasteiger partial charge is 0.321 e. The van der Waals surface area contributed by atoms with E-state index in [-0.39, 0.29) is 6.10 Å². The molecule has 0 unspecified atom stereocenters. The third kappa shape index (κ3) is 3.08. The number of rotatable bonds is 2. The Morgan fingerprint density at radius 3 is 2.60 bits per heavy atom. The fourth-order valence-electron chi connectivity index (χ4n) is 1.32. The van der Waals surface area contributed by atoms with Gasteiger partial charge in [-0.05, 0) is 20.8 Å². The van der Waals surface area contributed by atoms with Crippen molar-refractivity contribution in [1.29, 1.82) is 0 Å². The summed E-state index contributed by atoms with van der Waals surface area (Å²) in [5.41, 5.74) is -0.580. The van der Waals surface area contributed by atoms with Crippen LogP contribution in [0.1, 0.15) is 27.2 Å². The summed E-state index contributed by atoms with van der Waals surface area (Å²) in [6.07, 6.45) is 1.48. The Hall–Kier alpha value is -1.32. The molecule has 84 valence electrons. The summed E-state index contributed by atoms with van der Waals surface area (Å²) in [5, 5.41) is 0. The molecule has 4 nitrogen and oxygen atoms in total. The van der Waals surface area contributed by atoms with Crippen molar-refractivity contribution in [3.63, 3.8) is 0 Å². The van der Waals surface area contributed by atoms with Gasteiger partial charge in [0.1, 0.15) is 11.7 Å². The van der Waals surface area contributed by atoms with E-state index >= 15 is 0 Å². The summed E-state index contributed by atoms with van der Waals surface area (Å²) in [6, 6.07) is 0. The van der Waals surface area contributed by atoms with Gasteiger partial charge in [-0.1, -0.05) is 12.7 Å². The maximum Gasteiger partial charge on any atom is 0.321 e. The van der Waals surface area contributed by atoms with Crippen LogP contribution < -0.4 is 0 Å². The predicted octanol–water partition coefficient (Wildman–Crippen LogP) is 1.45. The molecule has 1 saturated heterocycles. The first-order valence-electron chi connectivity index (χ1n) is 4.89. The van der Waals surface area contributed by atoms with Gasteiger partial charge in [-0.25, -0.2) is 0 Å². The quantitative estimate of drug-likeness (QED) is 0.395. The number of carbonyl (C=O) groups is 2. The molecule has 4 heteroatoms. The normalized spacial score (nSPS) is 25.9. The van der Waals surface area contributed by atoms with Gasteiger partial charge >= 0.3 is 11.9 Å². The van der Waals surface area contributed by atoms with Gasteiger partial charge in [-0.3, -0.25) is 9.59 Å². The van der Waals surface area contributed by atoms with E-state index in [1.54, 1.807) is 20.8 Å². The first-order chi connectivity index (χ1) is 6.83. The number of hydrogen-bond donors (Lipinski definition) is 0. The van der Waals surface area contributed by atoms with E-state index in [2.05, 4.69) is 6.58 Å². The van der Waals surface area contributed by atoms with Gasteiger partial charge in [0.2, 0.25) is 0 Å². The number of carbonyl (C=O) groups excluding carboxylic acids is 2. The predicted molar refractivity (Wildman–Crippen MR) is 54.0 cm³/mol. The minimum Gasteiger partial charge on any atom is -0.459 e. The molecule has 0 aromatic carbocycles. The molecule has 0 amide bonds. The van der Waals surface area contributed by atoms with Crippen molar-refractivity contribution >= 4 is 11.9 Å². The lowest BCUT2D eigenvalue weighted by molar-refractivity contribution is -0.164. The molecular formula is C11H16O4. The summed E-state index contributed by atoms with van der Waals surface area (Å²) < 4.78 is 10.0. The van der Waals surface area contributed by atoms with Crippen LogP contribution in [0.15, 0.2) is 12.7 Å². The summed E-state index contributed by atoms with van der Waals surface area (Å²) in [5.74, 6) is -1.83. The zero-order chi connectivity index (χ0) is 11.6. The molecule has 0 bridgehead atoms. The van der Waals surface area contributed by atoms with Gasteiger partial charge in [-0.2, -0.15) is 0 Å². The molecule has 1 fully saturated rings. The highest BCUT2D eigenvalue weighted by molar-refractivity contribution is 5.96. The molecular weight excluding hydrogens is 196 g/mol. The second kappa shape index (κ2) is 4.04. The summed E-state index contributed by atoms with van der Waals surface area (Å²) >= 11 is 0. The minimum absolute atomic E-state index is 0.331. The van der Waals surface area contributed by atoms with E-state index in [0.29, 0.717) is 6.42 Å². The molecule has 0 aromatic rings. The van der Waals surface area contributed by atoms with Crippen molar-refractivity contribution in [2.75, 3.05) is 0 Å². The Kier molecular flexibility index (Phi) is 3.17. The SMILES string of the molecule is C=C[C@H]1C[C@H](C(=O)OC(C)(C)C)C(=O)O1. The van der Waals surface area contributed by atoms with Gasteiger partial charge in [-0.15, -0.1) is 0 Å². The van der Waals surface area contributed by atoms with Crippen LogP contribution in [0.25, 0.3) is 0 Å². The molecule has 0 aliphatic carbocycles. The topological polar surface area (TPSA) is 52.6 Å². The minimum atomic E-state index is -0.799. The Balaban J connectivity index is 2.62. The van der Waals surface area contributed by atoms with Crippen molar-refractivity contribution in [3.8, 4) is 0 Å². The van der Waals surface area contributed by atoms with E-state index in [1.165, 1.54) is 6.08 Å². The average molecular weight is 212 g/mol. The van der Waals surface area contributed by atoms with Crippen LogP contribution in [0.3, 0.4) is 0 Å². The molecule has 0 saturated carbocycles. The molecule has 1 aliphatic heterocycles. The number of esters is 2. The van der Waals surface area contributed by atoms with Crippen molar-refractivity contribution in [3.05, 3.63) is 12.7 Å². The van der Waals surface area contributed by atoms with Crippen LogP contribution >= 0.6 is 0 Å². The van der Waals surface area contributed by atoms with Crippen molar-refractivity contribution in [1.82, 2.24) is 0 Å². The lowest BCUT2D eigenvalue weighted by Crippen LogP contribution is -2.30. The maximum absolute atomic E-state index is 11.6. The Bertz CT molecular complexity index is 287. The second-order valence-corrected chi connectivity index (χ2v) is 4.53. The monoisotopic (exact) mass is 212 g/mol. The highest BCUT2D eigenvalue weighted by atomic mass is 16.6. The van der Waals surface area contributed by atoms with Crippen LogP contribution in [0.4, 0.5) is 0 Å². The average Bonchev–Trinajstić information content (AvgIpc) is 2.43. The fourth-order valence-corrected chi connectivity index (χ4v) is 1.32. The van der Waals surface area contributed by atoms with Gasteiger partial charge in [0, 0.05) is 6.42 Å². The summed E-state index contributed by atoms with van der Waals surface area (Å²) in [6.45, 7) is 8.80. The molecule has 1 rings (SSSR count). The third-order valence-electron chi connectivity index (χ3n) is 1.97. The van der Waals surface area contributed by atoms with Gasteiger partial charge in [0.05, 0.1) is 0 Å². The van der Waals surface area contributed by atoms with Crippen LogP contribution in [0.2, 0.25) is 0 Å². The van der Waals surface area contributed by atoms with Crippen molar-refractivity contribution in [2.24, 2.45) is 5.92 Å². The summed E-state index contributed by atoms with van der Waals surface area (Å²) in [7, 11) is 0. The molecule has 0 aromatic heterocycles. The molecule has 0 spiro atoms. The van der Waals surface area contributed by atoms with Gasteiger partial charge in [0.25, 0.3) is 0 Å². The van der Waals surface area contributed by atoms with Crippen LogP contribution in [-0.2, 0) is 19.1 Å². The van der Waals surface area contributed by atoms with E-state index in [0.717, 1.165) is 0 Å². The Labute approximate surface area is 89.2 Å². The molecule has 0 radical (unpaired) electrons. The largest absolute Gasteiger partial charge is 0.459 e. The third-order valence-corrected chi connectivity index (χ3v) is 1.97. The maximum atomic E-state index is 11.6. The molecule has 1 heterocycles. The molecule has 2 atom stereocenters. The standard InChI is InChI=1S/C11H16O4/c1-5-7-6-8(9(12)14-7)10(13)15-11(2,3)4/h5,7-8H,1,6H2,2-4H3/t7-,8-/m0/s1. The van der Waals surface area contributed by atoms with E-state index in [4.69, 9.17) is 9.47 Å². The number of ether oxygens (including phenoxy) is 2. The zero-order valence-corrected chi connectivity index (χ0v) is 9.28. The first kappa shape index (κ1) is 11.8. The van der Waals surface area contributed by atoms with E-state index in [9.17, 15) is 9.59 Å². The van der Waals surface area contributed by atoms with Gasteiger partial charge < -0.3 is 9.47 Å². The van der Waals surface area contributed by atoms with Gasteiger partial charge in [0.15, 0.2) is 5.92 Å². The second-order valence-electron chi connectivity index (χ2n) is 4.53. The van der Waals surface area contributed by atoms with Crippen LogP contribution in [0.5, 0.6) is 0 Å². The Morgan fingerprint density at radius 1 is 1.60 bits per heavy atom. The molecule has 1 aliphatic rings. The van der Waals surface area contributed by atoms with E-state index < -0.39 is 23.5 Å². The lowest BCUT2D eigenvalue weighted by atomic mass is 10.0. The van der Waals surface area contributed by atoms with Crippen molar-refractivity contribution in [2.45, 2.75) is 38.9 Å². The summed E-state index contributed by atoms with van der Waals surface area (Å²) in [4.78, 5) is 22.9. The molecule has 0 N–H and O–H groups in total. The van der Waals surface area contributed by atoms with E-state index in [1.807, 2.05) is 0 Å². The zero-order valence-electron chi connectivity index (χ0n) is 9.28.